The van der Waals surface area contributed by atoms with E-state index >= 15 is 0 Å². The first-order valence-electron chi connectivity index (χ1n) is 14.9. The van der Waals surface area contributed by atoms with Crippen molar-refractivity contribution in [2.24, 2.45) is 0 Å². The van der Waals surface area contributed by atoms with E-state index in [1.54, 1.807) is 70.3 Å². The quantitative estimate of drug-likeness (QED) is 0.182. The zero-order valence-electron chi connectivity index (χ0n) is 26.7. The number of imide groups is 1. The maximum absolute atomic E-state index is 13.2. The Bertz CT molecular complexity index is 1790. The molecule has 0 spiro atoms. The fourth-order valence-corrected chi connectivity index (χ4v) is 5.62. The summed E-state index contributed by atoms with van der Waals surface area (Å²) in [5.41, 5.74) is 2.65. The highest BCUT2D eigenvalue weighted by Gasteiger charge is 2.31. The molecule has 47 heavy (non-hydrogen) atoms. The van der Waals surface area contributed by atoms with Crippen LogP contribution in [0, 0.1) is 0 Å². The van der Waals surface area contributed by atoms with Gasteiger partial charge in [0.1, 0.15) is 22.8 Å². The van der Waals surface area contributed by atoms with Crippen molar-refractivity contribution in [1.82, 2.24) is 5.32 Å². The molecule has 10 nitrogen and oxygen atoms in total. The van der Waals surface area contributed by atoms with Crippen molar-refractivity contribution in [3.8, 4) is 28.4 Å². The number of thioether (sulfide) groups is 1. The summed E-state index contributed by atoms with van der Waals surface area (Å²) in [7, 11) is 1.54. The summed E-state index contributed by atoms with van der Waals surface area (Å²) >= 11 is 0.959. The molecular weight excluding hydrogens is 618 g/mol. The molecule has 242 valence electrons. The number of benzene rings is 4. The highest BCUT2D eigenvalue weighted by atomic mass is 32.2. The minimum atomic E-state index is -0.763. The first-order valence-corrected chi connectivity index (χ1v) is 15.8. The van der Waals surface area contributed by atoms with Gasteiger partial charge in [0.15, 0.2) is 5.75 Å². The van der Waals surface area contributed by atoms with Gasteiger partial charge in [0, 0.05) is 20.0 Å². The van der Waals surface area contributed by atoms with Gasteiger partial charge < -0.3 is 14.3 Å². The largest absolute Gasteiger partial charge is 0.457 e. The third-order valence-electron chi connectivity index (χ3n) is 6.97. The summed E-state index contributed by atoms with van der Waals surface area (Å²) in [5, 5.41) is 2.51. The van der Waals surface area contributed by atoms with Gasteiger partial charge in [-0.15, -0.1) is 5.06 Å². The predicted octanol–water partition coefficient (Wildman–Crippen LogP) is 7.76. The molecule has 0 aromatic heterocycles. The van der Waals surface area contributed by atoms with Crippen LogP contribution in [0.5, 0.6) is 17.2 Å². The van der Waals surface area contributed by atoms with Gasteiger partial charge in [-0.05, 0) is 80.3 Å². The van der Waals surface area contributed by atoms with Gasteiger partial charge in [-0.25, -0.2) is 4.79 Å². The van der Waals surface area contributed by atoms with Crippen molar-refractivity contribution < 1.29 is 33.5 Å². The van der Waals surface area contributed by atoms with E-state index in [1.807, 2.05) is 54.6 Å². The molecule has 4 aromatic rings. The number of nitrogens with one attached hydrogen (secondary N) is 1. The Balaban J connectivity index is 1.43. The van der Waals surface area contributed by atoms with Crippen LogP contribution in [-0.4, -0.2) is 41.0 Å². The summed E-state index contributed by atoms with van der Waals surface area (Å²) in [6.07, 6.45) is -0.276. The van der Waals surface area contributed by atoms with Crippen molar-refractivity contribution in [1.29, 1.82) is 0 Å². The SMILES string of the molecule is CC(=O)N(Oc1ccc(CC2SC(=O)NC2=O)cc1)c1ccc(Oc2cccc(-c3ccccc3)c2)cc1N(C)C(=O)OC(C)(C)C. The maximum Gasteiger partial charge on any atom is 0.414 e. The molecule has 1 aliphatic rings. The van der Waals surface area contributed by atoms with Crippen LogP contribution in [0.4, 0.5) is 21.0 Å². The van der Waals surface area contributed by atoms with Crippen molar-refractivity contribution in [2.45, 2.75) is 45.0 Å². The zero-order chi connectivity index (χ0) is 33.7. The smallest absolute Gasteiger partial charge is 0.414 e. The van der Waals surface area contributed by atoms with Crippen molar-refractivity contribution in [3.63, 3.8) is 0 Å². The number of hydroxylamine groups is 1. The number of rotatable bonds is 9. The molecule has 0 radical (unpaired) electrons. The lowest BCUT2D eigenvalue weighted by Gasteiger charge is -2.29. The minimum absolute atomic E-state index is 0.276. The first-order chi connectivity index (χ1) is 22.4. The van der Waals surface area contributed by atoms with E-state index in [4.69, 9.17) is 14.3 Å². The van der Waals surface area contributed by atoms with E-state index in [2.05, 4.69) is 5.32 Å². The van der Waals surface area contributed by atoms with Crippen LogP contribution in [0.3, 0.4) is 0 Å². The van der Waals surface area contributed by atoms with Crippen LogP contribution in [-0.2, 0) is 20.7 Å². The molecule has 0 aliphatic carbocycles. The average molecular weight is 654 g/mol. The lowest BCUT2D eigenvalue weighted by Crippen LogP contribution is -2.37. The lowest BCUT2D eigenvalue weighted by molar-refractivity contribution is -0.120. The van der Waals surface area contributed by atoms with E-state index in [0.717, 1.165) is 33.5 Å². The predicted molar refractivity (Wildman–Crippen MR) is 182 cm³/mol. The Kier molecular flexibility index (Phi) is 9.86. The summed E-state index contributed by atoms with van der Waals surface area (Å²) in [4.78, 5) is 57.1. The second kappa shape index (κ2) is 14.0. The molecule has 1 heterocycles. The van der Waals surface area contributed by atoms with E-state index in [0.29, 0.717) is 29.4 Å². The van der Waals surface area contributed by atoms with Crippen LogP contribution in [0.1, 0.15) is 33.3 Å². The van der Waals surface area contributed by atoms with Gasteiger partial charge in [0.2, 0.25) is 5.91 Å². The molecule has 5 rings (SSSR count). The van der Waals surface area contributed by atoms with Crippen LogP contribution in [0.2, 0.25) is 0 Å². The number of hydrogen-bond donors (Lipinski definition) is 1. The Labute approximate surface area is 277 Å². The second-order valence-electron chi connectivity index (χ2n) is 11.8. The Morgan fingerprint density at radius 3 is 2.11 bits per heavy atom. The topological polar surface area (TPSA) is 114 Å². The minimum Gasteiger partial charge on any atom is -0.457 e. The van der Waals surface area contributed by atoms with E-state index in [1.165, 1.54) is 11.8 Å². The Hall–Kier alpha value is -5.29. The monoisotopic (exact) mass is 653 g/mol. The molecule has 1 N–H and O–H groups in total. The fourth-order valence-electron chi connectivity index (χ4n) is 4.76. The second-order valence-corrected chi connectivity index (χ2v) is 13.0. The molecule has 1 fully saturated rings. The summed E-state index contributed by atoms with van der Waals surface area (Å²) in [5.74, 6) is 0.579. The number of carbonyl (C=O) groups is 4. The molecule has 1 unspecified atom stereocenters. The van der Waals surface area contributed by atoms with Gasteiger partial charge in [0.05, 0.1) is 10.9 Å². The van der Waals surface area contributed by atoms with Crippen molar-refractivity contribution in [2.75, 3.05) is 17.0 Å². The number of amides is 4. The number of ether oxygens (including phenoxy) is 2. The molecular formula is C36H35N3O7S. The third kappa shape index (κ3) is 8.50. The van der Waals surface area contributed by atoms with Gasteiger partial charge in [-0.2, -0.15) is 0 Å². The van der Waals surface area contributed by atoms with Gasteiger partial charge >= 0.3 is 6.09 Å². The van der Waals surface area contributed by atoms with Crippen LogP contribution < -0.4 is 24.9 Å². The number of nitrogens with zero attached hydrogens (tertiary/aromatic N) is 2. The number of anilines is 2. The van der Waals surface area contributed by atoms with Gasteiger partial charge in [-0.1, -0.05) is 66.4 Å². The Morgan fingerprint density at radius 2 is 1.47 bits per heavy atom. The maximum atomic E-state index is 13.2. The van der Waals surface area contributed by atoms with Crippen molar-refractivity contribution >= 4 is 46.3 Å². The van der Waals surface area contributed by atoms with E-state index < -0.39 is 22.9 Å². The average Bonchev–Trinajstić information content (AvgIpc) is 3.35. The number of carbonyl (C=O) groups excluding carboxylic acids is 4. The zero-order valence-corrected chi connectivity index (χ0v) is 27.5. The summed E-state index contributed by atoms with van der Waals surface area (Å²) < 4.78 is 11.9. The van der Waals surface area contributed by atoms with Crippen molar-refractivity contribution in [3.05, 3.63) is 103 Å². The normalized spacial score (nSPS) is 14.3. The Morgan fingerprint density at radius 1 is 0.809 bits per heavy atom. The molecule has 4 aromatic carbocycles. The van der Waals surface area contributed by atoms with Gasteiger partial charge in [-0.3, -0.25) is 24.6 Å². The van der Waals surface area contributed by atoms with Crippen LogP contribution >= 0.6 is 11.8 Å². The summed E-state index contributed by atoms with van der Waals surface area (Å²) in [6, 6.07) is 29.4. The lowest BCUT2D eigenvalue weighted by atomic mass is 10.1. The fraction of sp³-hybridized carbons (Fsp3) is 0.222. The molecule has 1 aliphatic heterocycles. The van der Waals surface area contributed by atoms with E-state index in [9.17, 15) is 19.2 Å². The van der Waals surface area contributed by atoms with E-state index in [-0.39, 0.29) is 16.8 Å². The molecule has 0 bridgehead atoms. The molecule has 1 saturated heterocycles. The third-order valence-corrected chi connectivity index (χ3v) is 7.95. The molecule has 0 saturated carbocycles. The number of hydrogen-bond acceptors (Lipinski definition) is 8. The highest BCUT2D eigenvalue weighted by molar-refractivity contribution is 8.15. The molecule has 11 heteroatoms. The molecule has 1 atom stereocenters. The first kappa shape index (κ1) is 33.1. The van der Waals surface area contributed by atoms with Gasteiger partial charge in [0.25, 0.3) is 11.1 Å². The van der Waals surface area contributed by atoms with Crippen LogP contribution in [0.25, 0.3) is 11.1 Å². The summed E-state index contributed by atoms with van der Waals surface area (Å²) in [6.45, 7) is 6.65. The van der Waals surface area contributed by atoms with Crippen LogP contribution in [0.15, 0.2) is 97.1 Å². The standard InChI is InChI=1S/C36H35N3O7S/c1-23(40)39(46-27-16-14-24(15-17-27)20-32-33(41)37-34(42)47-32)30-19-18-29(22-31(30)38(5)35(43)45-36(2,3)4)44-28-13-9-12-26(21-28)25-10-7-6-8-11-25/h6-19,21-22,32H,20H2,1-5H3,(H,37,41,42). The molecule has 4 amide bonds. The highest BCUT2D eigenvalue weighted by Crippen LogP contribution is 2.37.